The van der Waals surface area contributed by atoms with Gasteiger partial charge in [-0.1, -0.05) is 26.2 Å². The summed E-state index contributed by atoms with van der Waals surface area (Å²) in [5.41, 5.74) is 2.50. The molecule has 0 saturated carbocycles. The molecule has 0 unspecified atom stereocenters. The minimum atomic E-state index is 0.459. The SMILES string of the molecule is CCCCCCNc1nc(NN)nc2sccc12. The maximum absolute atomic E-state index is 5.37. The first-order valence-corrected chi connectivity index (χ1v) is 7.19. The Kier molecular flexibility index (Phi) is 4.72. The lowest BCUT2D eigenvalue weighted by atomic mass is 10.2. The van der Waals surface area contributed by atoms with Crippen molar-refractivity contribution in [2.24, 2.45) is 5.84 Å². The zero-order valence-electron chi connectivity index (χ0n) is 10.6. The maximum atomic E-state index is 5.37. The molecule has 0 amide bonds. The Bertz CT molecular complexity index is 496. The van der Waals surface area contributed by atoms with Gasteiger partial charge in [-0.15, -0.1) is 11.3 Å². The average Bonchev–Trinajstić information content (AvgIpc) is 2.86. The zero-order chi connectivity index (χ0) is 12.8. The molecule has 2 rings (SSSR count). The molecule has 0 aliphatic rings. The molecule has 0 bridgehead atoms. The number of nitrogens with two attached hydrogens (primary N) is 1. The van der Waals surface area contributed by atoms with Gasteiger partial charge in [0.05, 0.1) is 5.39 Å². The van der Waals surface area contributed by atoms with Crippen LogP contribution in [0.2, 0.25) is 0 Å². The highest BCUT2D eigenvalue weighted by atomic mass is 32.1. The molecule has 0 spiro atoms. The Balaban J connectivity index is 2.04. The molecular formula is C12H19N5S. The van der Waals surface area contributed by atoms with Crippen LogP contribution in [0.3, 0.4) is 0 Å². The van der Waals surface area contributed by atoms with E-state index in [1.165, 1.54) is 19.3 Å². The smallest absolute Gasteiger partial charge is 0.240 e. The van der Waals surface area contributed by atoms with Crippen molar-refractivity contribution in [3.8, 4) is 0 Å². The minimum Gasteiger partial charge on any atom is -0.369 e. The van der Waals surface area contributed by atoms with Gasteiger partial charge in [-0.05, 0) is 17.9 Å². The highest BCUT2D eigenvalue weighted by Crippen LogP contribution is 2.26. The molecule has 98 valence electrons. The summed E-state index contributed by atoms with van der Waals surface area (Å²) in [7, 11) is 0. The zero-order valence-corrected chi connectivity index (χ0v) is 11.4. The minimum absolute atomic E-state index is 0.459. The van der Waals surface area contributed by atoms with Crippen molar-refractivity contribution in [3.63, 3.8) is 0 Å². The predicted molar refractivity (Wildman–Crippen MR) is 77.9 cm³/mol. The summed E-state index contributed by atoms with van der Waals surface area (Å²) in [6, 6.07) is 2.04. The molecule has 0 fully saturated rings. The number of nitrogens with one attached hydrogen (secondary N) is 2. The van der Waals surface area contributed by atoms with E-state index in [0.29, 0.717) is 5.95 Å². The van der Waals surface area contributed by atoms with E-state index < -0.39 is 0 Å². The van der Waals surface area contributed by atoms with Gasteiger partial charge in [-0.25, -0.2) is 10.8 Å². The number of fused-ring (bicyclic) bond motifs is 1. The summed E-state index contributed by atoms with van der Waals surface area (Å²) in [4.78, 5) is 9.61. The van der Waals surface area contributed by atoms with Gasteiger partial charge in [0, 0.05) is 6.54 Å². The molecule has 0 aliphatic carbocycles. The molecule has 2 heterocycles. The van der Waals surface area contributed by atoms with Crippen molar-refractivity contribution in [2.75, 3.05) is 17.3 Å². The number of nitrogen functional groups attached to an aromatic ring is 1. The average molecular weight is 265 g/mol. The number of anilines is 2. The lowest BCUT2D eigenvalue weighted by Gasteiger charge is -2.08. The van der Waals surface area contributed by atoms with Crippen molar-refractivity contribution < 1.29 is 0 Å². The number of hydrogen-bond acceptors (Lipinski definition) is 6. The number of thiophene rings is 1. The molecule has 0 atom stereocenters. The van der Waals surface area contributed by atoms with E-state index in [4.69, 9.17) is 5.84 Å². The Labute approximate surface area is 111 Å². The molecular weight excluding hydrogens is 246 g/mol. The van der Waals surface area contributed by atoms with Crippen molar-refractivity contribution in [1.29, 1.82) is 0 Å². The Hall–Kier alpha value is -1.40. The molecule has 0 aromatic carbocycles. The number of hydrazine groups is 1. The lowest BCUT2D eigenvalue weighted by molar-refractivity contribution is 0.684. The topological polar surface area (TPSA) is 75.9 Å². The molecule has 6 heteroatoms. The van der Waals surface area contributed by atoms with Crippen molar-refractivity contribution in [3.05, 3.63) is 11.4 Å². The van der Waals surface area contributed by atoms with Gasteiger partial charge in [0.15, 0.2) is 0 Å². The maximum Gasteiger partial charge on any atom is 0.240 e. The summed E-state index contributed by atoms with van der Waals surface area (Å²) in [6.45, 7) is 3.15. The van der Waals surface area contributed by atoms with Gasteiger partial charge in [0.2, 0.25) is 5.95 Å². The van der Waals surface area contributed by atoms with E-state index in [1.807, 2.05) is 11.4 Å². The molecule has 18 heavy (non-hydrogen) atoms. The van der Waals surface area contributed by atoms with Gasteiger partial charge in [0.1, 0.15) is 10.6 Å². The van der Waals surface area contributed by atoms with Crippen LogP contribution in [-0.2, 0) is 0 Å². The Morgan fingerprint density at radius 3 is 2.94 bits per heavy atom. The van der Waals surface area contributed by atoms with Gasteiger partial charge < -0.3 is 5.32 Å². The first-order valence-electron chi connectivity index (χ1n) is 6.31. The first-order chi connectivity index (χ1) is 8.85. The number of aromatic nitrogens is 2. The molecule has 4 N–H and O–H groups in total. The monoisotopic (exact) mass is 265 g/mol. The Morgan fingerprint density at radius 1 is 1.28 bits per heavy atom. The summed E-state index contributed by atoms with van der Waals surface area (Å²) < 4.78 is 0. The van der Waals surface area contributed by atoms with E-state index in [1.54, 1.807) is 11.3 Å². The number of unbranched alkanes of at least 4 members (excludes halogenated alkanes) is 3. The third kappa shape index (κ3) is 3.08. The lowest BCUT2D eigenvalue weighted by Crippen LogP contribution is -2.12. The molecule has 2 aromatic rings. The molecule has 2 aromatic heterocycles. The van der Waals surface area contributed by atoms with Crippen molar-refractivity contribution in [2.45, 2.75) is 32.6 Å². The fraction of sp³-hybridized carbons (Fsp3) is 0.500. The van der Waals surface area contributed by atoms with Crippen LogP contribution in [-0.4, -0.2) is 16.5 Å². The van der Waals surface area contributed by atoms with E-state index in [-0.39, 0.29) is 0 Å². The summed E-state index contributed by atoms with van der Waals surface area (Å²) in [5, 5.41) is 6.45. The van der Waals surface area contributed by atoms with Crippen LogP contribution in [0.25, 0.3) is 10.2 Å². The normalized spacial score (nSPS) is 10.8. The van der Waals surface area contributed by atoms with E-state index >= 15 is 0 Å². The highest BCUT2D eigenvalue weighted by Gasteiger charge is 2.07. The third-order valence-electron chi connectivity index (χ3n) is 2.78. The van der Waals surface area contributed by atoms with Crippen LogP contribution in [0.1, 0.15) is 32.6 Å². The molecule has 0 radical (unpaired) electrons. The van der Waals surface area contributed by atoms with Gasteiger partial charge in [0.25, 0.3) is 0 Å². The number of nitrogens with zero attached hydrogens (tertiary/aromatic N) is 2. The van der Waals surface area contributed by atoms with Crippen LogP contribution in [0.15, 0.2) is 11.4 Å². The van der Waals surface area contributed by atoms with E-state index in [9.17, 15) is 0 Å². The summed E-state index contributed by atoms with van der Waals surface area (Å²) in [6.07, 6.45) is 4.96. The molecule has 0 aliphatic heterocycles. The van der Waals surface area contributed by atoms with Crippen molar-refractivity contribution in [1.82, 2.24) is 9.97 Å². The van der Waals surface area contributed by atoms with Gasteiger partial charge >= 0.3 is 0 Å². The van der Waals surface area contributed by atoms with Gasteiger partial charge in [-0.2, -0.15) is 4.98 Å². The second-order valence-corrected chi connectivity index (χ2v) is 5.06. The fourth-order valence-corrected chi connectivity index (χ4v) is 2.58. The number of rotatable bonds is 7. The van der Waals surface area contributed by atoms with Crippen LogP contribution < -0.4 is 16.6 Å². The summed E-state index contributed by atoms with van der Waals surface area (Å²) >= 11 is 1.59. The van der Waals surface area contributed by atoms with E-state index in [2.05, 4.69) is 27.6 Å². The van der Waals surface area contributed by atoms with Crippen LogP contribution >= 0.6 is 11.3 Å². The quantitative estimate of drug-likeness (QED) is 0.407. The fourth-order valence-electron chi connectivity index (χ4n) is 1.81. The van der Waals surface area contributed by atoms with Crippen LogP contribution in [0.4, 0.5) is 11.8 Å². The van der Waals surface area contributed by atoms with Crippen molar-refractivity contribution >= 4 is 33.3 Å². The second kappa shape index (κ2) is 6.51. The van der Waals surface area contributed by atoms with Crippen LogP contribution in [0.5, 0.6) is 0 Å². The molecule has 0 saturated heterocycles. The Morgan fingerprint density at radius 2 is 2.17 bits per heavy atom. The standard InChI is InChI=1S/C12H19N5S/c1-2-3-4-5-7-14-10-9-6-8-18-11(9)16-12(15-10)17-13/h6,8H,2-5,7,13H2,1H3,(H2,14,15,16,17). The molecule has 5 nitrogen and oxygen atoms in total. The van der Waals surface area contributed by atoms with E-state index in [0.717, 1.165) is 29.0 Å². The summed E-state index contributed by atoms with van der Waals surface area (Å²) in [5.74, 6) is 6.70. The van der Waals surface area contributed by atoms with Gasteiger partial charge in [-0.3, -0.25) is 5.43 Å². The number of hydrogen-bond donors (Lipinski definition) is 3. The second-order valence-electron chi connectivity index (χ2n) is 4.17. The first kappa shape index (κ1) is 13.0. The predicted octanol–water partition coefficient (Wildman–Crippen LogP) is 2.97. The van der Waals surface area contributed by atoms with Crippen LogP contribution in [0, 0.1) is 0 Å². The largest absolute Gasteiger partial charge is 0.369 e. The highest BCUT2D eigenvalue weighted by molar-refractivity contribution is 7.16. The third-order valence-corrected chi connectivity index (χ3v) is 3.58.